The molecule has 1 heterocycles. The molecule has 0 saturated carbocycles. The third-order valence-electron chi connectivity index (χ3n) is 1.81. The fourth-order valence-corrected chi connectivity index (χ4v) is 1.14. The number of aromatic nitrogens is 2. The lowest BCUT2D eigenvalue weighted by atomic mass is 10.2. The first-order chi connectivity index (χ1) is 7.90. The molecule has 0 aliphatic heterocycles. The molecule has 0 aliphatic rings. The lowest BCUT2D eigenvalue weighted by molar-refractivity contribution is 0.0525. The van der Waals surface area contributed by atoms with Crippen molar-refractivity contribution >= 4 is 18.5 Å². The van der Waals surface area contributed by atoms with Crippen LogP contribution in [0.2, 0.25) is 0 Å². The monoisotopic (exact) mass is 238 g/mol. The molecule has 0 bridgehead atoms. The molecule has 6 heteroatoms. The van der Waals surface area contributed by atoms with E-state index in [9.17, 15) is 4.79 Å². The van der Waals surface area contributed by atoms with Crippen LogP contribution in [-0.4, -0.2) is 34.7 Å². The van der Waals surface area contributed by atoms with E-state index >= 15 is 0 Å². The van der Waals surface area contributed by atoms with Crippen LogP contribution in [0.25, 0.3) is 0 Å². The summed E-state index contributed by atoms with van der Waals surface area (Å²) < 4.78 is 6.78. The number of amides is 1. The fourth-order valence-electron chi connectivity index (χ4n) is 1.14. The summed E-state index contributed by atoms with van der Waals surface area (Å²) >= 11 is 0. The number of rotatable bonds is 4. The molecule has 1 N–H and O–H groups in total. The minimum absolute atomic E-state index is 0.424. The van der Waals surface area contributed by atoms with Crippen molar-refractivity contribution in [3.8, 4) is 0 Å². The molecule has 1 amide bonds. The van der Waals surface area contributed by atoms with Crippen molar-refractivity contribution in [3.63, 3.8) is 0 Å². The van der Waals surface area contributed by atoms with Gasteiger partial charge in [0.15, 0.2) is 0 Å². The highest BCUT2D eigenvalue weighted by Gasteiger charge is 2.15. The van der Waals surface area contributed by atoms with Crippen molar-refractivity contribution in [2.75, 3.05) is 6.54 Å². The summed E-state index contributed by atoms with van der Waals surface area (Å²) in [7, 11) is 0. The molecular weight excluding hydrogens is 220 g/mol. The molecule has 0 saturated heterocycles. The van der Waals surface area contributed by atoms with Crippen molar-refractivity contribution in [1.82, 2.24) is 15.1 Å². The Morgan fingerprint density at radius 1 is 1.65 bits per heavy atom. The van der Waals surface area contributed by atoms with E-state index in [1.54, 1.807) is 17.1 Å². The van der Waals surface area contributed by atoms with Crippen molar-refractivity contribution in [2.45, 2.75) is 32.9 Å². The van der Waals surface area contributed by atoms with E-state index in [4.69, 9.17) is 4.74 Å². The first-order valence-electron chi connectivity index (χ1n) is 5.37. The van der Waals surface area contributed by atoms with Gasteiger partial charge in [-0.1, -0.05) is 0 Å². The van der Waals surface area contributed by atoms with Gasteiger partial charge in [-0.05, 0) is 27.5 Å². The van der Waals surface area contributed by atoms with Gasteiger partial charge < -0.3 is 10.1 Å². The van der Waals surface area contributed by atoms with Gasteiger partial charge in [0, 0.05) is 6.54 Å². The maximum atomic E-state index is 11.3. The summed E-state index contributed by atoms with van der Waals surface area (Å²) in [5, 5.41) is 6.70. The molecule has 6 nitrogen and oxygen atoms in total. The smallest absolute Gasteiger partial charge is 0.407 e. The highest BCUT2D eigenvalue weighted by atomic mass is 16.6. The third-order valence-corrected chi connectivity index (χ3v) is 1.81. The van der Waals surface area contributed by atoms with E-state index in [-0.39, 0.29) is 0 Å². The Bertz CT molecular complexity index is 392. The van der Waals surface area contributed by atoms with Crippen LogP contribution < -0.4 is 5.32 Å². The van der Waals surface area contributed by atoms with Crippen LogP contribution in [0.3, 0.4) is 0 Å². The SMILES string of the molecule is C=Nc1cnn(CCNC(=O)OC(C)(C)C)c1. The number of nitrogens with one attached hydrogen (secondary N) is 1. The van der Waals surface area contributed by atoms with Crippen LogP contribution in [0.4, 0.5) is 10.5 Å². The second-order valence-electron chi connectivity index (χ2n) is 4.55. The highest BCUT2D eigenvalue weighted by Crippen LogP contribution is 2.07. The number of alkyl carbamates (subject to hydrolysis) is 1. The van der Waals surface area contributed by atoms with E-state index in [0.717, 1.165) is 0 Å². The molecule has 0 aromatic carbocycles. The average Bonchev–Trinajstić information content (AvgIpc) is 2.63. The summed E-state index contributed by atoms with van der Waals surface area (Å²) in [4.78, 5) is 15.1. The van der Waals surface area contributed by atoms with E-state index in [0.29, 0.717) is 18.8 Å². The van der Waals surface area contributed by atoms with E-state index in [1.807, 2.05) is 20.8 Å². The Morgan fingerprint density at radius 2 is 2.35 bits per heavy atom. The van der Waals surface area contributed by atoms with Gasteiger partial charge in [0.25, 0.3) is 0 Å². The summed E-state index contributed by atoms with van der Waals surface area (Å²) in [6, 6.07) is 0. The summed E-state index contributed by atoms with van der Waals surface area (Å²) in [5.41, 5.74) is 0.234. The van der Waals surface area contributed by atoms with Gasteiger partial charge in [-0.15, -0.1) is 0 Å². The van der Waals surface area contributed by atoms with Gasteiger partial charge in [-0.25, -0.2) is 4.79 Å². The number of carbonyl (C=O) groups is 1. The molecule has 1 rings (SSSR count). The van der Waals surface area contributed by atoms with Gasteiger partial charge >= 0.3 is 6.09 Å². The molecular formula is C11H18N4O2. The molecule has 0 aliphatic carbocycles. The van der Waals surface area contributed by atoms with Crippen molar-refractivity contribution < 1.29 is 9.53 Å². The van der Waals surface area contributed by atoms with E-state index < -0.39 is 11.7 Å². The first kappa shape index (κ1) is 13.2. The van der Waals surface area contributed by atoms with E-state index in [2.05, 4.69) is 22.1 Å². The van der Waals surface area contributed by atoms with Crippen LogP contribution in [0.15, 0.2) is 17.4 Å². The average molecular weight is 238 g/mol. The second-order valence-corrected chi connectivity index (χ2v) is 4.55. The fraction of sp³-hybridized carbons (Fsp3) is 0.545. The predicted octanol–water partition coefficient (Wildman–Crippen LogP) is 1.74. The minimum Gasteiger partial charge on any atom is -0.444 e. The van der Waals surface area contributed by atoms with Crippen LogP contribution in [0.1, 0.15) is 20.8 Å². The molecule has 1 aromatic heterocycles. The minimum atomic E-state index is -0.476. The zero-order valence-electron chi connectivity index (χ0n) is 10.4. The predicted molar refractivity (Wildman–Crippen MR) is 65.7 cm³/mol. The number of hydrogen-bond donors (Lipinski definition) is 1. The maximum Gasteiger partial charge on any atom is 0.407 e. The number of nitrogens with zero attached hydrogens (tertiary/aromatic N) is 3. The zero-order chi connectivity index (χ0) is 12.9. The Hall–Kier alpha value is -1.85. The molecule has 0 spiro atoms. The van der Waals surface area contributed by atoms with Crippen LogP contribution in [0.5, 0.6) is 0 Å². The lowest BCUT2D eigenvalue weighted by Gasteiger charge is -2.19. The van der Waals surface area contributed by atoms with Crippen molar-refractivity contribution in [3.05, 3.63) is 12.4 Å². The normalized spacial score (nSPS) is 11.0. The summed E-state index contributed by atoms with van der Waals surface area (Å²) in [6.45, 7) is 9.88. The number of carbonyl (C=O) groups excluding carboxylic acids is 1. The van der Waals surface area contributed by atoms with Gasteiger partial charge in [-0.2, -0.15) is 5.10 Å². The maximum absolute atomic E-state index is 11.3. The molecule has 0 atom stereocenters. The van der Waals surface area contributed by atoms with E-state index in [1.165, 1.54) is 0 Å². The number of ether oxygens (including phenoxy) is 1. The molecule has 94 valence electrons. The summed E-state index contributed by atoms with van der Waals surface area (Å²) in [6.07, 6.45) is 2.94. The van der Waals surface area contributed by atoms with Gasteiger partial charge in [0.1, 0.15) is 11.3 Å². The topological polar surface area (TPSA) is 68.5 Å². The first-order valence-corrected chi connectivity index (χ1v) is 5.37. The Kier molecular flexibility index (Phi) is 4.25. The van der Waals surface area contributed by atoms with Crippen LogP contribution >= 0.6 is 0 Å². The van der Waals surface area contributed by atoms with Crippen LogP contribution in [0, 0.1) is 0 Å². The van der Waals surface area contributed by atoms with Crippen molar-refractivity contribution in [1.29, 1.82) is 0 Å². The largest absolute Gasteiger partial charge is 0.444 e. The van der Waals surface area contributed by atoms with Gasteiger partial charge in [0.2, 0.25) is 0 Å². The number of aliphatic imine (C=N–C) groups is 1. The van der Waals surface area contributed by atoms with Gasteiger partial charge in [0.05, 0.1) is 18.9 Å². The van der Waals surface area contributed by atoms with Crippen LogP contribution in [-0.2, 0) is 11.3 Å². The quantitative estimate of drug-likeness (QED) is 0.812. The molecule has 0 fully saturated rings. The Morgan fingerprint density at radius 3 is 2.88 bits per heavy atom. The lowest BCUT2D eigenvalue weighted by Crippen LogP contribution is -2.34. The Balaban J connectivity index is 2.28. The number of hydrogen-bond acceptors (Lipinski definition) is 4. The Labute approximate surface area is 101 Å². The summed E-state index contributed by atoms with van der Waals surface area (Å²) in [5.74, 6) is 0. The van der Waals surface area contributed by atoms with Gasteiger partial charge in [-0.3, -0.25) is 9.67 Å². The third kappa shape index (κ3) is 5.14. The molecule has 0 radical (unpaired) electrons. The standard InChI is InChI=1S/C11H18N4O2/c1-11(2,3)17-10(16)13-5-6-15-8-9(12-4)7-14-15/h7-8H,4-6H2,1-3H3,(H,13,16). The highest BCUT2D eigenvalue weighted by molar-refractivity contribution is 5.67. The second kappa shape index (κ2) is 5.47. The van der Waals surface area contributed by atoms with Crippen molar-refractivity contribution in [2.24, 2.45) is 4.99 Å². The zero-order valence-corrected chi connectivity index (χ0v) is 10.4. The molecule has 17 heavy (non-hydrogen) atoms. The molecule has 1 aromatic rings. The molecule has 0 unspecified atom stereocenters.